The van der Waals surface area contributed by atoms with Crippen LogP contribution < -0.4 is 5.32 Å². The zero-order valence-corrected chi connectivity index (χ0v) is 11.7. The van der Waals surface area contributed by atoms with Crippen LogP contribution in [0, 0.1) is 10.1 Å². The molecule has 0 amide bonds. The third kappa shape index (κ3) is 4.78. The highest BCUT2D eigenvalue weighted by Gasteiger charge is 2.10. The van der Waals surface area contributed by atoms with Crippen LogP contribution in [0.25, 0.3) is 0 Å². The Morgan fingerprint density at radius 3 is 2.84 bits per heavy atom. The lowest BCUT2D eigenvalue weighted by atomic mass is 10.2. The van der Waals surface area contributed by atoms with Crippen LogP contribution in [0.2, 0.25) is 0 Å². The lowest BCUT2D eigenvalue weighted by Crippen LogP contribution is -2.02. The van der Waals surface area contributed by atoms with Gasteiger partial charge < -0.3 is 10.1 Å². The van der Waals surface area contributed by atoms with Crippen molar-refractivity contribution in [3.05, 3.63) is 33.9 Å². The van der Waals surface area contributed by atoms with E-state index in [0.717, 1.165) is 11.3 Å². The number of anilines is 1. The molecule has 0 radical (unpaired) electrons. The predicted octanol–water partition coefficient (Wildman–Crippen LogP) is 2.43. The molecule has 0 aliphatic carbocycles. The molecule has 6 nitrogen and oxygen atoms in total. The summed E-state index contributed by atoms with van der Waals surface area (Å²) in [4.78, 5) is 21.3. The molecular weight excluding hydrogens is 268 g/mol. The zero-order chi connectivity index (χ0) is 14.3. The van der Waals surface area contributed by atoms with Gasteiger partial charge in [-0.05, 0) is 11.6 Å². The van der Waals surface area contributed by atoms with E-state index in [1.165, 1.54) is 24.9 Å². The second-order valence-corrected chi connectivity index (χ2v) is 4.83. The van der Waals surface area contributed by atoms with Crippen LogP contribution in [-0.4, -0.2) is 30.8 Å². The van der Waals surface area contributed by atoms with Gasteiger partial charge in [0.05, 0.1) is 18.5 Å². The molecule has 0 fully saturated rings. The van der Waals surface area contributed by atoms with Crippen LogP contribution in [-0.2, 0) is 15.3 Å². The summed E-state index contributed by atoms with van der Waals surface area (Å²) in [5.41, 5.74) is 1.78. The minimum Gasteiger partial charge on any atom is -0.469 e. The summed E-state index contributed by atoms with van der Waals surface area (Å²) >= 11 is 1.54. The lowest BCUT2D eigenvalue weighted by Gasteiger charge is -2.08. The van der Waals surface area contributed by atoms with E-state index < -0.39 is 4.92 Å². The molecule has 7 heteroatoms. The molecule has 1 aromatic rings. The summed E-state index contributed by atoms with van der Waals surface area (Å²) in [5.74, 6) is 0.980. The number of thioether (sulfide) groups is 1. The van der Waals surface area contributed by atoms with E-state index in [4.69, 9.17) is 0 Å². The number of hydrogen-bond acceptors (Lipinski definition) is 6. The van der Waals surface area contributed by atoms with Gasteiger partial charge in [-0.2, -0.15) is 11.8 Å². The summed E-state index contributed by atoms with van der Waals surface area (Å²) in [6.45, 7) is 0. The fourth-order valence-corrected chi connectivity index (χ4v) is 2.41. The summed E-state index contributed by atoms with van der Waals surface area (Å²) < 4.78 is 4.54. The number of nitrogens with one attached hydrogen (secondary N) is 1. The highest BCUT2D eigenvalue weighted by molar-refractivity contribution is 7.98. The third-order valence-electron chi connectivity index (χ3n) is 2.50. The molecule has 0 saturated carbocycles. The molecule has 104 valence electrons. The maximum absolute atomic E-state index is 11.0. The average Bonchev–Trinajstić information content (AvgIpc) is 2.42. The normalized spacial score (nSPS) is 10.0. The largest absolute Gasteiger partial charge is 0.469 e. The van der Waals surface area contributed by atoms with E-state index in [0.29, 0.717) is 17.9 Å². The number of ether oxygens (including phenoxy) is 1. The van der Waals surface area contributed by atoms with E-state index in [-0.39, 0.29) is 11.7 Å². The minimum atomic E-state index is -0.415. The number of rotatable bonds is 7. The van der Waals surface area contributed by atoms with E-state index in [1.807, 2.05) is 0 Å². The highest BCUT2D eigenvalue weighted by Crippen LogP contribution is 2.25. The first-order chi connectivity index (χ1) is 9.08. The molecule has 0 bridgehead atoms. The number of carbonyl (C=O) groups excluding carboxylic acids is 1. The van der Waals surface area contributed by atoms with Crippen molar-refractivity contribution in [3.63, 3.8) is 0 Å². The van der Waals surface area contributed by atoms with Crippen molar-refractivity contribution in [2.24, 2.45) is 0 Å². The smallest absolute Gasteiger partial charge is 0.306 e. The Bertz CT molecular complexity index is 465. The van der Waals surface area contributed by atoms with Gasteiger partial charge in [0.15, 0.2) is 0 Å². The molecule has 0 saturated heterocycles. The number of hydrogen-bond donors (Lipinski definition) is 1. The molecule has 0 unspecified atom stereocenters. The van der Waals surface area contributed by atoms with E-state index in [1.54, 1.807) is 19.2 Å². The fraction of sp³-hybridized carbons (Fsp3) is 0.417. The molecule has 0 heterocycles. The van der Waals surface area contributed by atoms with Gasteiger partial charge in [-0.1, -0.05) is 0 Å². The van der Waals surface area contributed by atoms with Gasteiger partial charge in [0.25, 0.3) is 5.69 Å². The number of carbonyl (C=O) groups is 1. The molecule has 1 N–H and O–H groups in total. The van der Waals surface area contributed by atoms with Crippen LogP contribution in [0.15, 0.2) is 18.2 Å². The number of nitro groups is 1. The van der Waals surface area contributed by atoms with Gasteiger partial charge >= 0.3 is 5.97 Å². The Kier molecular flexibility index (Phi) is 6.14. The van der Waals surface area contributed by atoms with Gasteiger partial charge in [0.2, 0.25) is 0 Å². The quantitative estimate of drug-likeness (QED) is 0.358. The number of esters is 1. The van der Waals surface area contributed by atoms with Crippen LogP contribution in [0.3, 0.4) is 0 Å². The molecule has 0 spiro atoms. The Morgan fingerprint density at radius 2 is 2.26 bits per heavy atom. The van der Waals surface area contributed by atoms with Crippen LogP contribution in [0.5, 0.6) is 0 Å². The summed E-state index contributed by atoms with van der Waals surface area (Å²) in [6.07, 6.45) is 0.338. The lowest BCUT2D eigenvalue weighted by molar-refractivity contribution is -0.384. The molecule has 1 rings (SSSR count). The van der Waals surface area contributed by atoms with E-state index in [2.05, 4.69) is 10.1 Å². The average molecular weight is 284 g/mol. The van der Waals surface area contributed by atoms with E-state index in [9.17, 15) is 14.9 Å². The Hall–Kier alpha value is -1.76. The standard InChI is InChI=1S/C12H16N2O4S/c1-13-11-4-3-10(14(16)17)7-9(11)8-19-6-5-12(15)18-2/h3-4,7,13H,5-6,8H2,1-2H3. The zero-order valence-electron chi connectivity index (χ0n) is 10.8. The summed E-state index contributed by atoms with van der Waals surface area (Å²) in [5, 5.41) is 13.7. The summed E-state index contributed by atoms with van der Waals surface area (Å²) in [7, 11) is 3.12. The topological polar surface area (TPSA) is 81.5 Å². The minimum absolute atomic E-state index is 0.0718. The molecule has 0 aromatic heterocycles. The van der Waals surface area contributed by atoms with Gasteiger partial charge in [0, 0.05) is 36.4 Å². The fourth-order valence-electron chi connectivity index (χ4n) is 1.50. The number of methoxy groups -OCH3 is 1. The van der Waals surface area contributed by atoms with Crippen molar-refractivity contribution in [2.75, 3.05) is 25.2 Å². The van der Waals surface area contributed by atoms with Gasteiger partial charge in [-0.15, -0.1) is 0 Å². The number of non-ortho nitro benzene ring substituents is 1. The second-order valence-electron chi connectivity index (χ2n) is 3.73. The Labute approximate surface area is 115 Å². The number of nitrogens with zero attached hydrogens (tertiary/aromatic N) is 1. The molecule has 1 aromatic carbocycles. The molecule has 0 aliphatic rings. The van der Waals surface area contributed by atoms with Crippen molar-refractivity contribution < 1.29 is 14.5 Å². The first-order valence-corrected chi connectivity index (χ1v) is 6.83. The Morgan fingerprint density at radius 1 is 1.53 bits per heavy atom. The van der Waals surface area contributed by atoms with Crippen molar-refractivity contribution in [2.45, 2.75) is 12.2 Å². The monoisotopic (exact) mass is 284 g/mol. The molecule has 19 heavy (non-hydrogen) atoms. The maximum Gasteiger partial charge on any atom is 0.306 e. The first kappa shape index (κ1) is 15.3. The van der Waals surface area contributed by atoms with Crippen molar-refractivity contribution in [1.29, 1.82) is 0 Å². The van der Waals surface area contributed by atoms with Gasteiger partial charge in [0.1, 0.15) is 0 Å². The van der Waals surface area contributed by atoms with Crippen molar-refractivity contribution in [1.82, 2.24) is 0 Å². The van der Waals surface area contributed by atoms with Gasteiger partial charge in [-0.3, -0.25) is 14.9 Å². The highest BCUT2D eigenvalue weighted by atomic mass is 32.2. The number of benzene rings is 1. The number of nitro benzene ring substituents is 1. The molecule has 0 aliphatic heterocycles. The molecular formula is C12H16N2O4S. The van der Waals surface area contributed by atoms with Crippen LogP contribution in [0.4, 0.5) is 11.4 Å². The maximum atomic E-state index is 11.0. The molecule has 0 atom stereocenters. The predicted molar refractivity (Wildman–Crippen MR) is 75.4 cm³/mol. The third-order valence-corrected chi connectivity index (χ3v) is 3.51. The second kappa shape index (κ2) is 7.63. The van der Waals surface area contributed by atoms with Crippen molar-refractivity contribution >= 4 is 29.1 Å². The van der Waals surface area contributed by atoms with Gasteiger partial charge in [-0.25, -0.2) is 0 Å². The van der Waals surface area contributed by atoms with Crippen LogP contribution >= 0.6 is 11.8 Å². The Balaban J connectivity index is 2.62. The summed E-state index contributed by atoms with van der Waals surface area (Å²) in [6, 6.07) is 4.71. The SMILES string of the molecule is CNc1ccc([N+](=O)[O-])cc1CSCCC(=O)OC. The first-order valence-electron chi connectivity index (χ1n) is 5.68. The van der Waals surface area contributed by atoms with Crippen molar-refractivity contribution in [3.8, 4) is 0 Å². The van der Waals surface area contributed by atoms with E-state index >= 15 is 0 Å². The van der Waals surface area contributed by atoms with Crippen LogP contribution in [0.1, 0.15) is 12.0 Å².